The minimum atomic E-state index is 0.679. The van der Waals surface area contributed by atoms with Gasteiger partial charge in [-0.2, -0.15) is 0 Å². The molecule has 17 heavy (non-hydrogen) atoms. The summed E-state index contributed by atoms with van der Waals surface area (Å²) in [4.78, 5) is 3.55. The van der Waals surface area contributed by atoms with Gasteiger partial charge in [0.15, 0.2) is 0 Å². The van der Waals surface area contributed by atoms with Gasteiger partial charge in [0.2, 0.25) is 0 Å². The summed E-state index contributed by atoms with van der Waals surface area (Å²) in [7, 11) is 2.05. The van der Waals surface area contributed by atoms with Gasteiger partial charge in [0.1, 0.15) is 0 Å². The monoisotopic (exact) mass is 266 g/mol. The molecule has 0 aliphatic rings. The standard InChI is InChI=1S/C13H15ClN2S/c1-16(7-6-11-3-2-8-17-11)13-5-4-10(14)9-12(13)15/h2-5,8-9H,6-7,15H2,1H3. The summed E-state index contributed by atoms with van der Waals surface area (Å²) in [5.74, 6) is 0. The molecule has 0 amide bonds. The molecule has 2 nitrogen and oxygen atoms in total. The number of nitrogens with zero attached hydrogens (tertiary/aromatic N) is 1. The number of anilines is 2. The number of halogens is 1. The van der Waals surface area contributed by atoms with Crippen LogP contribution in [0.2, 0.25) is 5.02 Å². The lowest BCUT2D eigenvalue weighted by Gasteiger charge is -2.20. The molecule has 1 aromatic carbocycles. The molecule has 0 aliphatic heterocycles. The number of thiophene rings is 1. The zero-order valence-electron chi connectivity index (χ0n) is 9.69. The van der Waals surface area contributed by atoms with Crippen molar-refractivity contribution in [2.75, 3.05) is 24.2 Å². The van der Waals surface area contributed by atoms with Crippen molar-refractivity contribution >= 4 is 34.3 Å². The Hall–Kier alpha value is -1.19. The number of nitrogens with two attached hydrogens (primary N) is 1. The average Bonchev–Trinajstić information content (AvgIpc) is 2.78. The molecule has 0 aliphatic carbocycles. The highest BCUT2D eigenvalue weighted by molar-refractivity contribution is 7.09. The number of benzene rings is 1. The Morgan fingerprint density at radius 2 is 2.18 bits per heavy atom. The minimum Gasteiger partial charge on any atom is -0.397 e. The van der Waals surface area contributed by atoms with E-state index in [0.29, 0.717) is 5.02 Å². The Morgan fingerprint density at radius 3 is 2.82 bits per heavy atom. The van der Waals surface area contributed by atoms with Gasteiger partial charge in [0, 0.05) is 23.5 Å². The summed E-state index contributed by atoms with van der Waals surface area (Å²) in [5.41, 5.74) is 7.71. The zero-order valence-corrected chi connectivity index (χ0v) is 11.3. The molecule has 0 bridgehead atoms. The highest BCUT2D eigenvalue weighted by atomic mass is 35.5. The number of rotatable bonds is 4. The molecule has 0 saturated heterocycles. The number of nitrogen functional groups attached to an aromatic ring is 1. The quantitative estimate of drug-likeness (QED) is 0.856. The van der Waals surface area contributed by atoms with E-state index >= 15 is 0 Å². The summed E-state index contributed by atoms with van der Waals surface area (Å²) in [6.45, 7) is 0.951. The number of hydrogen-bond donors (Lipinski definition) is 1. The summed E-state index contributed by atoms with van der Waals surface area (Å²) < 4.78 is 0. The first-order chi connectivity index (χ1) is 8.16. The Morgan fingerprint density at radius 1 is 1.35 bits per heavy atom. The van der Waals surface area contributed by atoms with Crippen molar-refractivity contribution in [3.05, 3.63) is 45.6 Å². The maximum atomic E-state index is 5.95. The lowest BCUT2D eigenvalue weighted by Crippen LogP contribution is -2.21. The Bertz CT molecular complexity index is 482. The molecule has 90 valence electrons. The zero-order chi connectivity index (χ0) is 12.3. The van der Waals surface area contributed by atoms with Crippen LogP contribution < -0.4 is 10.6 Å². The van der Waals surface area contributed by atoms with E-state index in [9.17, 15) is 0 Å². The van der Waals surface area contributed by atoms with Crippen molar-refractivity contribution in [2.24, 2.45) is 0 Å². The number of hydrogen-bond acceptors (Lipinski definition) is 3. The molecule has 1 aromatic heterocycles. The first-order valence-corrected chi connectivity index (χ1v) is 6.71. The fourth-order valence-electron chi connectivity index (χ4n) is 1.73. The second-order valence-corrected chi connectivity index (χ2v) is 5.42. The van der Waals surface area contributed by atoms with Crippen LogP contribution in [0.15, 0.2) is 35.7 Å². The fourth-order valence-corrected chi connectivity index (χ4v) is 2.60. The Kier molecular flexibility index (Phi) is 3.92. The van der Waals surface area contributed by atoms with Gasteiger partial charge in [0.05, 0.1) is 11.4 Å². The third-order valence-electron chi connectivity index (χ3n) is 2.67. The third kappa shape index (κ3) is 3.14. The van der Waals surface area contributed by atoms with Gasteiger partial charge in [-0.15, -0.1) is 11.3 Å². The summed E-state index contributed by atoms with van der Waals surface area (Å²) in [6, 6.07) is 9.86. The van der Waals surface area contributed by atoms with Crippen LogP contribution in [-0.2, 0) is 6.42 Å². The van der Waals surface area contributed by atoms with Gasteiger partial charge in [-0.3, -0.25) is 0 Å². The molecular weight excluding hydrogens is 252 g/mol. The average molecular weight is 267 g/mol. The molecule has 0 atom stereocenters. The van der Waals surface area contributed by atoms with Crippen LogP contribution in [0.25, 0.3) is 0 Å². The van der Waals surface area contributed by atoms with Crippen LogP contribution in [0.4, 0.5) is 11.4 Å². The van der Waals surface area contributed by atoms with E-state index in [4.69, 9.17) is 17.3 Å². The van der Waals surface area contributed by atoms with E-state index < -0.39 is 0 Å². The van der Waals surface area contributed by atoms with E-state index in [1.165, 1.54) is 4.88 Å². The lowest BCUT2D eigenvalue weighted by molar-refractivity contribution is 0.889. The Balaban J connectivity index is 2.01. The maximum absolute atomic E-state index is 5.95. The first-order valence-electron chi connectivity index (χ1n) is 5.45. The van der Waals surface area contributed by atoms with Crippen LogP contribution >= 0.6 is 22.9 Å². The normalized spacial score (nSPS) is 10.5. The maximum Gasteiger partial charge on any atom is 0.0598 e. The molecule has 0 radical (unpaired) electrons. The largest absolute Gasteiger partial charge is 0.397 e. The van der Waals surface area contributed by atoms with Gasteiger partial charge in [-0.1, -0.05) is 17.7 Å². The fraction of sp³-hybridized carbons (Fsp3) is 0.231. The summed E-state index contributed by atoms with van der Waals surface area (Å²) in [5, 5.41) is 2.78. The van der Waals surface area contributed by atoms with Crippen LogP contribution in [0.3, 0.4) is 0 Å². The minimum absolute atomic E-state index is 0.679. The van der Waals surface area contributed by atoms with E-state index in [1.807, 2.05) is 19.2 Å². The smallest absolute Gasteiger partial charge is 0.0598 e. The second-order valence-electron chi connectivity index (χ2n) is 3.95. The van der Waals surface area contributed by atoms with Crippen molar-refractivity contribution in [1.82, 2.24) is 0 Å². The van der Waals surface area contributed by atoms with Gasteiger partial charge in [-0.05, 0) is 36.1 Å². The predicted molar refractivity (Wildman–Crippen MR) is 77.2 cm³/mol. The SMILES string of the molecule is CN(CCc1cccs1)c1ccc(Cl)cc1N. The predicted octanol–water partition coefficient (Wildman–Crippen LogP) is 3.66. The first kappa shape index (κ1) is 12.3. The van der Waals surface area contributed by atoms with Crippen LogP contribution in [0.5, 0.6) is 0 Å². The molecule has 0 spiro atoms. The third-order valence-corrected chi connectivity index (χ3v) is 3.85. The van der Waals surface area contributed by atoms with E-state index in [0.717, 1.165) is 24.3 Å². The van der Waals surface area contributed by atoms with Gasteiger partial charge in [-0.25, -0.2) is 0 Å². The van der Waals surface area contributed by atoms with Crippen molar-refractivity contribution in [3.63, 3.8) is 0 Å². The van der Waals surface area contributed by atoms with Gasteiger partial charge >= 0.3 is 0 Å². The summed E-state index contributed by atoms with van der Waals surface area (Å²) >= 11 is 7.67. The van der Waals surface area contributed by atoms with Crippen LogP contribution in [0.1, 0.15) is 4.88 Å². The van der Waals surface area contributed by atoms with Gasteiger partial charge < -0.3 is 10.6 Å². The highest BCUT2D eigenvalue weighted by Crippen LogP contribution is 2.25. The van der Waals surface area contributed by atoms with Crippen molar-refractivity contribution in [2.45, 2.75) is 6.42 Å². The number of likely N-dealkylation sites (N-methyl/N-ethyl adjacent to an activating group) is 1. The molecule has 1 heterocycles. The lowest BCUT2D eigenvalue weighted by atomic mass is 10.2. The molecule has 2 rings (SSSR count). The molecule has 2 N–H and O–H groups in total. The second kappa shape index (κ2) is 5.43. The molecule has 4 heteroatoms. The van der Waals surface area contributed by atoms with Crippen molar-refractivity contribution < 1.29 is 0 Å². The molecule has 0 unspecified atom stereocenters. The van der Waals surface area contributed by atoms with E-state index in [2.05, 4.69) is 22.4 Å². The molecular formula is C13H15ClN2S. The van der Waals surface area contributed by atoms with E-state index in [1.54, 1.807) is 17.4 Å². The van der Waals surface area contributed by atoms with Crippen molar-refractivity contribution in [3.8, 4) is 0 Å². The van der Waals surface area contributed by atoms with Gasteiger partial charge in [0.25, 0.3) is 0 Å². The van der Waals surface area contributed by atoms with Crippen LogP contribution in [0, 0.1) is 0 Å². The van der Waals surface area contributed by atoms with E-state index in [-0.39, 0.29) is 0 Å². The van der Waals surface area contributed by atoms with Crippen LogP contribution in [-0.4, -0.2) is 13.6 Å². The van der Waals surface area contributed by atoms with Crippen molar-refractivity contribution in [1.29, 1.82) is 0 Å². The summed E-state index contributed by atoms with van der Waals surface area (Å²) in [6.07, 6.45) is 1.04. The topological polar surface area (TPSA) is 29.3 Å². The molecule has 2 aromatic rings. The Labute approximate surface area is 111 Å². The molecule has 0 fully saturated rings. The molecule has 0 saturated carbocycles. The highest BCUT2D eigenvalue weighted by Gasteiger charge is 2.06.